The highest BCUT2D eigenvalue weighted by atomic mass is 32.2. The summed E-state index contributed by atoms with van der Waals surface area (Å²) in [5.41, 5.74) is 1.01. The Labute approximate surface area is 138 Å². The average molecular weight is 331 g/mol. The summed E-state index contributed by atoms with van der Waals surface area (Å²) in [4.78, 5) is 18.5. The maximum absolute atomic E-state index is 12.4. The molecule has 2 aliphatic heterocycles. The summed E-state index contributed by atoms with van der Waals surface area (Å²) in [5.74, 6) is 0.537. The molecule has 0 aromatic carbocycles. The van der Waals surface area contributed by atoms with Crippen LogP contribution in [0.4, 0.5) is 0 Å². The first-order chi connectivity index (χ1) is 11.3. The minimum Gasteiger partial charge on any atom is -0.368 e. The van der Waals surface area contributed by atoms with Crippen molar-refractivity contribution in [1.29, 1.82) is 0 Å². The first-order valence-electron chi connectivity index (χ1n) is 7.63. The number of likely N-dealkylation sites (tertiary alicyclic amines) is 1. The molecule has 2 aromatic rings. The molecule has 0 bridgehead atoms. The maximum Gasteiger partial charge on any atom is 0.233 e. The lowest BCUT2D eigenvalue weighted by molar-refractivity contribution is -0.136. The van der Waals surface area contributed by atoms with Crippen LogP contribution in [0.25, 0.3) is 0 Å². The summed E-state index contributed by atoms with van der Waals surface area (Å²) in [6.07, 6.45) is 4.34. The SMILES string of the molecule is O=C(CSc1ccccn1)N1CC[C@H]2[C@H](C1)OCc1cnnn12. The van der Waals surface area contributed by atoms with Crippen LogP contribution >= 0.6 is 11.8 Å². The first kappa shape index (κ1) is 14.6. The molecule has 2 atom stereocenters. The molecule has 23 heavy (non-hydrogen) atoms. The van der Waals surface area contributed by atoms with Gasteiger partial charge in [0, 0.05) is 19.3 Å². The van der Waals surface area contributed by atoms with Crippen LogP contribution in [-0.4, -0.2) is 55.7 Å². The van der Waals surface area contributed by atoms with Crippen molar-refractivity contribution < 1.29 is 9.53 Å². The molecule has 0 saturated carbocycles. The van der Waals surface area contributed by atoms with Gasteiger partial charge in [0.15, 0.2) is 0 Å². The molecule has 2 aliphatic rings. The third-order valence-electron chi connectivity index (χ3n) is 4.27. The minimum atomic E-state index is 0.00162. The number of nitrogens with zero attached hydrogens (tertiary/aromatic N) is 5. The smallest absolute Gasteiger partial charge is 0.233 e. The molecule has 0 N–H and O–H groups in total. The number of amides is 1. The molecule has 1 amide bonds. The number of thioether (sulfide) groups is 1. The van der Waals surface area contributed by atoms with E-state index in [1.165, 1.54) is 11.8 Å². The highest BCUT2D eigenvalue weighted by molar-refractivity contribution is 7.99. The van der Waals surface area contributed by atoms with Gasteiger partial charge < -0.3 is 9.64 Å². The molecule has 1 saturated heterocycles. The van der Waals surface area contributed by atoms with Crippen molar-refractivity contribution in [3.63, 3.8) is 0 Å². The van der Waals surface area contributed by atoms with Crippen LogP contribution in [0.15, 0.2) is 35.6 Å². The van der Waals surface area contributed by atoms with Gasteiger partial charge in [-0.05, 0) is 18.6 Å². The third-order valence-corrected chi connectivity index (χ3v) is 5.20. The lowest BCUT2D eigenvalue weighted by Gasteiger charge is -2.40. The molecule has 0 radical (unpaired) electrons. The Morgan fingerprint density at radius 2 is 2.39 bits per heavy atom. The highest BCUT2D eigenvalue weighted by Gasteiger charge is 2.37. The van der Waals surface area contributed by atoms with Crippen molar-refractivity contribution in [1.82, 2.24) is 24.9 Å². The number of pyridine rings is 1. The van der Waals surface area contributed by atoms with E-state index in [2.05, 4.69) is 15.3 Å². The second-order valence-electron chi connectivity index (χ2n) is 5.67. The van der Waals surface area contributed by atoms with E-state index in [4.69, 9.17) is 4.74 Å². The summed E-state index contributed by atoms with van der Waals surface area (Å²) < 4.78 is 7.85. The molecule has 120 valence electrons. The molecule has 4 heterocycles. The summed E-state index contributed by atoms with van der Waals surface area (Å²) in [5, 5.41) is 8.98. The molecule has 2 aromatic heterocycles. The van der Waals surface area contributed by atoms with Crippen LogP contribution in [0.1, 0.15) is 18.2 Å². The van der Waals surface area contributed by atoms with Gasteiger partial charge >= 0.3 is 0 Å². The lowest BCUT2D eigenvalue weighted by atomic mass is 10.0. The molecule has 8 heteroatoms. The number of carbonyl (C=O) groups is 1. The molecule has 0 spiro atoms. The topological polar surface area (TPSA) is 73.1 Å². The summed E-state index contributed by atoms with van der Waals surface area (Å²) in [6, 6.07) is 5.90. The Balaban J connectivity index is 1.36. The molecule has 4 rings (SSSR count). The number of hydrogen-bond acceptors (Lipinski definition) is 6. The van der Waals surface area contributed by atoms with Gasteiger partial charge in [-0.15, -0.1) is 5.10 Å². The standard InChI is InChI=1S/C15H17N5O2S/c21-15(10-23-14-3-1-2-5-16-14)19-6-4-12-13(8-19)22-9-11-7-17-18-20(11)12/h1-3,5,7,12-13H,4,6,8-10H2/t12-,13-/m0/s1. The van der Waals surface area contributed by atoms with Crippen molar-refractivity contribution in [2.24, 2.45) is 0 Å². The molecule has 7 nitrogen and oxygen atoms in total. The van der Waals surface area contributed by atoms with E-state index in [0.717, 1.165) is 23.7 Å². The summed E-state index contributed by atoms with van der Waals surface area (Å²) >= 11 is 1.47. The van der Waals surface area contributed by atoms with E-state index in [-0.39, 0.29) is 18.1 Å². The number of piperidine rings is 1. The van der Waals surface area contributed by atoms with E-state index in [1.807, 2.05) is 27.8 Å². The molecular weight excluding hydrogens is 314 g/mol. The van der Waals surface area contributed by atoms with Crippen LogP contribution in [0.5, 0.6) is 0 Å². The zero-order valence-corrected chi connectivity index (χ0v) is 13.4. The monoisotopic (exact) mass is 331 g/mol. The number of hydrogen-bond donors (Lipinski definition) is 0. The zero-order valence-electron chi connectivity index (χ0n) is 12.5. The average Bonchev–Trinajstić information content (AvgIpc) is 3.09. The summed E-state index contributed by atoms with van der Waals surface area (Å²) in [6.45, 7) is 1.86. The van der Waals surface area contributed by atoms with Gasteiger partial charge in [0.2, 0.25) is 5.91 Å². The zero-order chi connectivity index (χ0) is 15.6. The van der Waals surface area contributed by atoms with Crippen molar-refractivity contribution in [2.75, 3.05) is 18.8 Å². The normalized spacial score (nSPS) is 23.2. The van der Waals surface area contributed by atoms with Crippen molar-refractivity contribution in [3.8, 4) is 0 Å². The Hall–Kier alpha value is -1.93. The fourth-order valence-electron chi connectivity index (χ4n) is 3.07. The second-order valence-corrected chi connectivity index (χ2v) is 6.67. The van der Waals surface area contributed by atoms with Crippen molar-refractivity contribution >= 4 is 17.7 Å². The van der Waals surface area contributed by atoms with E-state index < -0.39 is 0 Å². The number of aromatic nitrogens is 4. The third kappa shape index (κ3) is 2.96. The van der Waals surface area contributed by atoms with Gasteiger partial charge in [-0.2, -0.15) is 0 Å². The van der Waals surface area contributed by atoms with Crippen LogP contribution in [0.2, 0.25) is 0 Å². The fourth-order valence-corrected chi connectivity index (χ4v) is 3.84. The maximum atomic E-state index is 12.4. The van der Waals surface area contributed by atoms with Crippen LogP contribution < -0.4 is 0 Å². The number of carbonyl (C=O) groups excluding carboxylic acids is 1. The Morgan fingerprint density at radius 1 is 1.43 bits per heavy atom. The molecule has 1 fully saturated rings. The van der Waals surface area contributed by atoms with E-state index in [9.17, 15) is 4.79 Å². The van der Waals surface area contributed by atoms with Gasteiger partial charge in [0.05, 0.1) is 41.4 Å². The number of fused-ring (bicyclic) bond motifs is 3. The Kier molecular flexibility index (Phi) is 4.00. The second kappa shape index (κ2) is 6.29. The van der Waals surface area contributed by atoms with Crippen LogP contribution in [0.3, 0.4) is 0 Å². The van der Waals surface area contributed by atoms with Gasteiger partial charge in [-0.3, -0.25) is 4.79 Å². The molecular formula is C15H17N5O2S. The Morgan fingerprint density at radius 3 is 3.26 bits per heavy atom. The largest absolute Gasteiger partial charge is 0.368 e. The van der Waals surface area contributed by atoms with Crippen LogP contribution in [0, 0.1) is 0 Å². The highest BCUT2D eigenvalue weighted by Crippen LogP contribution is 2.30. The van der Waals surface area contributed by atoms with E-state index in [1.54, 1.807) is 12.4 Å². The van der Waals surface area contributed by atoms with Gasteiger partial charge in [0.25, 0.3) is 0 Å². The first-order valence-corrected chi connectivity index (χ1v) is 8.62. The summed E-state index contributed by atoms with van der Waals surface area (Å²) in [7, 11) is 0. The predicted molar refractivity (Wildman–Crippen MR) is 83.8 cm³/mol. The molecule has 0 unspecified atom stereocenters. The number of ether oxygens (including phenoxy) is 1. The molecule has 0 aliphatic carbocycles. The minimum absolute atomic E-state index is 0.00162. The number of rotatable bonds is 3. The lowest BCUT2D eigenvalue weighted by Crippen LogP contribution is -2.50. The van der Waals surface area contributed by atoms with E-state index in [0.29, 0.717) is 18.9 Å². The predicted octanol–water partition coefficient (Wildman–Crippen LogP) is 1.14. The van der Waals surface area contributed by atoms with Gasteiger partial charge in [0.1, 0.15) is 0 Å². The fraction of sp³-hybridized carbons (Fsp3) is 0.467. The van der Waals surface area contributed by atoms with Gasteiger partial charge in [-0.1, -0.05) is 23.0 Å². The quantitative estimate of drug-likeness (QED) is 0.785. The van der Waals surface area contributed by atoms with E-state index >= 15 is 0 Å². The Bertz CT molecular complexity index is 692. The van der Waals surface area contributed by atoms with Crippen molar-refractivity contribution in [3.05, 3.63) is 36.3 Å². The van der Waals surface area contributed by atoms with Crippen molar-refractivity contribution in [2.45, 2.75) is 30.2 Å². The van der Waals surface area contributed by atoms with Gasteiger partial charge in [-0.25, -0.2) is 9.67 Å². The van der Waals surface area contributed by atoms with Crippen LogP contribution in [-0.2, 0) is 16.1 Å².